The van der Waals surface area contributed by atoms with Gasteiger partial charge in [0.15, 0.2) is 0 Å². The number of hydrogen-bond acceptors (Lipinski definition) is 4. The van der Waals surface area contributed by atoms with E-state index in [1.807, 2.05) is 60.7 Å². The highest BCUT2D eigenvalue weighted by atomic mass is 16.2. The van der Waals surface area contributed by atoms with Crippen LogP contribution in [0.4, 0.5) is 39.8 Å². The Hall–Kier alpha value is -6.14. The minimum absolute atomic E-state index is 0.240. The number of aryl methyl sites for hydroxylation is 1. The van der Waals surface area contributed by atoms with Gasteiger partial charge in [0.05, 0.1) is 0 Å². The standard InChI is InChI=1S/C40H34N4O2/c1-29-16-20-35(21-17-29)44(36-22-18-32(19-23-36)42-40(46)31-11-9-10-30(28-31)39(45)41-2)38-26-24-37(25-27-38)43(33-12-5-3-6-13-33)34-14-7-4-8-15-34/h3-28H,1-2H3,(H,41,45)(H,42,46). The summed E-state index contributed by atoms with van der Waals surface area (Å²) in [4.78, 5) is 29.5. The first kappa shape index (κ1) is 29.9. The second-order valence-electron chi connectivity index (χ2n) is 10.9. The number of benzene rings is 6. The fraction of sp³-hybridized carbons (Fsp3) is 0.0500. The van der Waals surface area contributed by atoms with Crippen LogP contribution in [0.25, 0.3) is 0 Å². The molecule has 0 aliphatic carbocycles. The van der Waals surface area contributed by atoms with Gasteiger partial charge in [0.1, 0.15) is 0 Å². The lowest BCUT2D eigenvalue weighted by Crippen LogP contribution is -2.19. The third-order valence-electron chi connectivity index (χ3n) is 7.68. The van der Waals surface area contributed by atoms with Crippen LogP contribution in [0.5, 0.6) is 0 Å². The van der Waals surface area contributed by atoms with E-state index in [2.05, 4.69) is 100 Å². The molecule has 0 aliphatic rings. The number of rotatable bonds is 9. The first-order valence-corrected chi connectivity index (χ1v) is 15.1. The van der Waals surface area contributed by atoms with Gasteiger partial charge in [-0.15, -0.1) is 0 Å². The van der Waals surface area contributed by atoms with Crippen LogP contribution in [0.2, 0.25) is 0 Å². The molecule has 6 heteroatoms. The molecule has 0 saturated heterocycles. The summed E-state index contributed by atoms with van der Waals surface area (Å²) in [6, 6.07) is 52.0. The third kappa shape index (κ3) is 6.66. The van der Waals surface area contributed by atoms with Gasteiger partial charge >= 0.3 is 0 Å². The Morgan fingerprint density at radius 3 is 1.30 bits per heavy atom. The Balaban J connectivity index is 1.30. The van der Waals surface area contributed by atoms with Crippen molar-refractivity contribution >= 4 is 51.6 Å². The number of hydrogen-bond donors (Lipinski definition) is 2. The van der Waals surface area contributed by atoms with Gasteiger partial charge < -0.3 is 20.4 Å². The maximum atomic E-state index is 13.0. The molecule has 0 unspecified atom stereocenters. The van der Waals surface area contributed by atoms with Gasteiger partial charge in [0.25, 0.3) is 11.8 Å². The Labute approximate surface area is 269 Å². The summed E-state index contributed by atoms with van der Waals surface area (Å²) in [6.07, 6.45) is 0. The van der Waals surface area contributed by atoms with Gasteiger partial charge in [0.2, 0.25) is 0 Å². The van der Waals surface area contributed by atoms with E-state index in [4.69, 9.17) is 0 Å². The SMILES string of the molecule is CNC(=O)c1cccc(C(=O)Nc2ccc(N(c3ccc(C)cc3)c3ccc(N(c4ccccc4)c4ccccc4)cc3)cc2)c1. The van der Waals surface area contributed by atoms with Gasteiger partial charge in [-0.3, -0.25) is 9.59 Å². The zero-order chi connectivity index (χ0) is 31.9. The minimum atomic E-state index is -0.286. The van der Waals surface area contributed by atoms with Gasteiger partial charge in [-0.25, -0.2) is 0 Å². The van der Waals surface area contributed by atoms with Gasteiger partial charge in [-0.05, 0) is 110 Å². The molecule has 2 amide bonds. The number of para-hydroxylation sites is 2. The summed E-state index contributed by atoms with van der Waals surface area (Å²) in [5, 5.41) is 5.54. The summed E-state index contributed by atoms with van der Waals surface area (Å²) < 4.78 is 0. The van der Waals surface area contributed by atoms with E-state index < -0.39 is 0 Å². The van der Waals surface area contributed by atoms with Crippen molar-refractivity contribution in [3.05, 3.63) is 174 Å². The Morgan fingerprint density at radius 2 is 0.848 bits per heavy atom. The first-order valence-electron chi connectivity index (χ1n) is 15.1. The molecule has 0 fully saturated rings. The predicted molar refractivity (Wildman–Crippen MR) is 188 cm³/mol. The molecule has 0 spiro atoms. The fourth-order valence-electron chi connectivity index (χ4n) is 5.34. The highest BCUT2D eigenvalue weighted by Gasteiger charge is 2.16. The van der Waals surface area contributed by atoms with Gasteiger partial charge in [0, 0.05) is 58.0 Å². The normalized spacial score (nSPS) is 10.6. The van der Waals surface area contributed by atoms with Crippen LogP contribution < -0.4 is 20.4 Å². The predicted octanol–water partition coefficient (Wildman–Crippen LogP) is 9.55. The monoisotopic (exact) mass is 602 g/mol. The van der Waals surface area contributed by atoms with Crippen LogP contribution in [0.1, 0.15) is 26.3 Å². The molecule has 46 heavy (non-hydrogen) atoms. The molecule has 0 heterocycles. The number of carbonyl (C=O) groups excluding carboxylic acids is 2. The van der Waals surface area contributed by atoms with Crippen LogP contribution in [-0.2, 0) is 0 Å². The number of amides is 2. The van der Waals surface area contributed by atoms with Crippen molar-refractivity contribution in [2.75, 3.05) is 22.2 Å². The van der Waals surface area contributed by atoms with E-state index in [1.54, 1.807) is 31.3 Å². The second-order valence-corrected chi connectivity index (χ2v) is 10.9. The van der Waals surface area contributed by atoms with Crippen LogP contribution in [0.15, 0.2) is 158 Å². The quantitative estimate of drug-likeness (QED) is 0.173. The highest BCUT2D eigenvalue weighted by molar-refractivity contribution is 6.06. The average molecular weight is 603 g/mol. The highest BCUT2D eigenvalue weighted by Crippen LogP contribution is 2.39. The van der Waals surface area contributed by atoms with Crippen molar-refractivity contribution < 1.29 is 9.59 Å². The van der Waals surface area contributed by atoms with Crippen molar-refractivity contribution in [1.82, 2.24) is 5.32 Å². The molecular weight excluding hydrogens is 568 g/mol. The molecule has 0 aliphatic heterocycles. The Morgan fingerprint density at radius 1 is 0.457 bits per heavy atom. The largest absolute Gasteiger partial charge is 0.355 e. The zero-order valence-corrected chi connectivity index (χ0v) is 25.7. The number of nitrogens with zero attached hydrogens (tertiary/aromatic N) is 2. The summed E-state index contributed by atoms with van der Waals surface area (Å²) >= 11 is 0. The van der Waals surface area contributed by atoms with E-state index in [0.717, 1.165) is 34.1 Å². The summed E-state index contributed by atoms with van der Waals surface area (Å²) in [5.41, 5.74) is 8.83. The topological polar surface area (TPSA) is 64.7 Å². The molecule has 0 atom stereocenters. The van der Waals surface area contributed by atoms with Crippen LogP contribution >= 0.6 is 0 Å². The van der Waals surface area contributed by atoms with Crippen LogP contribution in [0, 0.1) is 6.92 Å². The van der Waals surface area contributed by atoms with E-state index in [9.17, 15) is 9.59 Å². The van der Waals surface area contributed by atoms with E-state index >= 15 is 0 Å². The maximum absolute atomic E-state index is 13.0. The summed E-state index contributed by atoms with van der Waals surface area (Å²) in [7, 11) is 1.56. The van der Waals surface area contributed by atoms with E-state index in [1.165, 1.54) is 5.56 Å². The van der Waals surface area contributed by atoms with Crippen LogP contribution in [0.3, 0.4) is 0 Å². The van der Waals surface area contributed by atoms with Crippen molar-refractivity contribution in [2.45, 2.75) is 6.92 Å². The lowest BCUT2D eigenvalue weighted by molar-refractivity contribution is 0.0963. The first-order chi connectivity index (χ1) is 22.5. The maximum Gasteiger partial charge on any atom is 0.255 e. The number of carbonyl (C=O) groups is 2. The Kier molecular flexibility index (Phi) is 8.88. The molecule has 2 N–H and O–H groups in total. The molecule has 0 radical (unpaired) electrons. The van der Waals surface area contributed by atoms with Gasteiger partial charge in [-0.1, -0.05) is 60.2 Å². The zero-order valence-electron chi connectivity index (χ0n) is 25.7. The Bertz CT molecular complexity index is 1880. The molecule has 226 valence electrons. The van der Waals surface area contributed by atoms with Gasteiger partial charge in [-0.2, -0.15) is 0 Å². The van der Waals surface area contributed by atoms with E-state index in [0.29, 0.717) is 16.8 Å². The number of anilines is 7. The lowest BCUT2D eigenvalue weighted by atomic mass is 10.1. The molecule has 6 nitrogen and oxygen atoms in total. The molecular formula is C40H34N4O2. The van der Waals surface area contributed by atoms with E-state index in [-0.39, 0.29) is 11.8 Å². The average Bonchev–Trinajstić information content (AvgIpc) is 3.11. The second kappa shape index (κ2) is 13.7. The van der Waals surface area contributed by atoms with Crippen molar-refractivity contribution in [3.8, 4) is 0 Å². The lowest BCUT2D eigenvalue weighted by Gasteiger charge is -2.28. The van der Waals surface area contributed by atoms with Crippen LogP contribution in [-0.4, -0.2) is 18.9 Å². The van der Waals surface area contributed by atoms with Crippen molar-refractivity contribution in [3.63, 3.8) is 0 Å². The summed E-state index contributed by atoms with van der Waals surface area (Å²) in [5.74, 6) is -0.526. The third-order valence-corrected chi connectivity index (χ3v) is 7.68. The van der Waals surface area contributed by atoms with Crippen molar-refractivity contribution in [1.29, 1.82) is 0 Å². The smallest absolute Gasteiger partial charge is 0.255 e. The van der Waals surface area contributed by atoms with Crippen molar-refractivity contribution in [2.24, 2.45) is 0 Å². The fourth-order valence-corrected chi connectivity index (χ4v) is 5.34. The number of nitrogens with one attached hydrogen (secondary N) is 2. The molecule has 6 rings (SSSR count). The molecule has 6 aromatic carbocycles. The minimum Gasteiger partial charge on any atom is -0.355 e. The molecule has 0 bridgehead atoms. The molecule has 0 saturated carbocycles. The molecule has 0 aromatic heterocycles. The summed E-state index contributed by atoms with van der Waals surface area (Å²) in [6.45, 7) is 2.08. The molecule has 6 aromatic rings.